The summed E-state index contributed by atoms with van der Waals surface area (Å²) in [6.45, 7) is 0. The van der Waals surface area contributed by atoms with E-state index in [0.717, 1.165) is 5.56 Å². The van der Waals surface area contributed by atoms with Gasteiger partial charge >= 0.3 is 0 Å². The molecule has 1 aromatic carbocycles. The van der Waals surface area contributed by atoms with E-state index in [9.17, 15) is 15.0 Å². The monoisotopic (exact) mass is 211 g/mol. The number of hydrogen-bond donors (Lipinski definition) is 2. The molecule has 1 rings (SSSR count). The summed E-state index contributed by atoms with van der Waals surface area (Å²) >= 11 is 0. The molecule has 0 spiro atoms. The number of carboxylic acid groups (broad SMARTS) is 1. The first kappa shape index (κ1) is 11.3. The highest BCUT2D eigenvalue weighted by atomic mass is 16.5. The van der Waals surface area contributed by atoms with Gasteiger partial charge in [-0.2, -0.15) is 0 Å². The minimum absolute atomic E-state index is 0.0234. The van der Waals surface area contributed by atoms with E-state index < -0.39 is 12.0 Å². The number of carboxylic acids is 1. The molecule has 0 aromatic heterocycles. The van der Waals surface area contributed by atoms with Gasteiger partial charge in [-0.05, 0) is 17.7 Å². The van der Waals surface area contributed by atoms with E-state index in [2.05, 4.69) is 5.73 Å². The van der Waals surface area contributed by atoms with Crippen molar-refractivity contribution < 1.29 is 25.5 Å². The van der Waals surface area contributed by atoms with Crippen LogP contribution in [0.15, 0.2) is 18.2 Å². The summed E-state index contributed by atoms with van der Waals surface area (Å²) in [5, 5.41) is 19.8. The first-order chi connectivity index (χ1) is 7.04. The molecule has 0 heterocycles. The fourth-order valence-corrected chi connectivity index (χ4v) is 1.22. The topological polar surface area (TPSA) is 97.2 Å². The molecule has 0 bridgehead atoms. The van der Waals surface area contributed by atoms with Crippen LogP contribution in [0, 0.1) is 0 Å². The minimum atomic E-state index is -1.19. The molecular formula is C10H13NO4. The number of carbonyl (C=O) groups excluding carboxylic acids is 1. The normalized spacial score (nSPS) is 12.1. The highest BCUT2D eigenvalue weighted by Gasteiger charge is 2.10. The highest BCUT2D eigenvalue weighted by molar-refractivity contribution is 5.69. The van der Waals surface area contributed by atoms with Crippen molar-refractivity contribution in [2.24, 2.45) is 0 Å². The SMILES string of the molecule is COc1cc(C[C@@H]([NH3+])C(=O)[O-])ccc1O. The number of phenolic OH excluding ortho intramolecular Hbond substituents is 1. The van der Waals surface area contributed by atoms with Crippen molar-refractivity contribution >= 4 is 5.97 Å². The number of aliphatic carboxylic acids is 1. The van der Waals surface area contributed by atoms with Crippen LogP contribution in [0.4, 0.5) is 0 Å². The van der Waals surface area contributed by atoms with Crippen molar-refractivity contribution in [2.75, 3.05) is 7.11 Å². The number of ether oxygens (including phenoxy) is 1. The standard InChI is InChI=1S/C10H13NO4/c1-15-9-5-6(2-3-8(9)12)4-7(11)10(13)14/h2-3,5,7,12H,4,11H2,1H3,(H,13,14)/t7-/m1/s1. The van der Waals surface area contributed by atoms with Crippen LogP contribution in [0.2, 0.25) is 0 Å². The van der Waals surface area contributed by atoms with E-state index in [4.69, 9.17) is 4.74 Å². The predicted molar refractivity (Wildman–Crippen MR) is 50.0 cm³/mol. The Bertz CT molecular complexity index is 364. The summed E-state index contributed by atoms with van der Waals surface area (Å²) in [4.78, 5) is 10.5. The molecule has 1 atom stereocenters. The molecule has 0 aliphatic carbocycles. The second kappa shape index (κ2) is 4.65. The van der Waals surface area contributed by atoms with Gasteiger partial charge in [0.05, 0.1) is 13.1 Å². The molecule has 1 aromatic rings. The summed E-state index contributed by atoms with van der Waals surface area (Å²) in [7, 11) is 1.43. The average molecular weight is 211 g/mol. The smallest absolute Gasteiger partial charge is 0.160 e. The third-order valence-electron chi connectivity index (χ3n) is 2.06. The first-order valence-corrected chi connectivity index (χ1v) is 4.44. The molecule has 0 saturated heterocycles. The zero-order chi connectivity index (χ0) is 11.4. The van der Waals surface area contributed by atoms with E-state index in [-0.39, 0.29) is 12.2 Å². The van der Waals surface area contributed by atoms with E-state index in [0.29, 0.717) is 5.75 Å². The molecule has 5 nitrogen and oxygen atoms in total. The summed E-state index contributed by atoms with van der Waals surface area (Å²) in [5.74, 6) is -0.851. The van der Waals surface area contributed by atoms with Gasteiger partial charge in [0.2, 0.25) is 0 Å². The molecule has 15 heavy (non-hydrogen) atoms. The molecule has 0 saturated carbocycles. The largest absolute Gasteiger partial charge is 0.544 e. The van der Waals surface area contributed by atoms with Crippen LogP contribution in [0.3, 0.4) is 0 Å². The number of aromatic hydroxyl groups is 1. The van der Waals surface area contributed by atoms with Gasteiger partial charge in [0.15, 0.2) is 11.5 Å². The van der Waals surface area contributed by atoms with Crippen LogP contribution in [-0.4, -0.2) is 24.2 Å². The lowest BCUT2D eigenvalue weighted by atomic mass is 10.1. The quantitative estimate of drug-likeness (QED) is 0.620. The summed E-state index contributed by atoms with van der Waals surface area (Å²) in [5.41, 5.74) is 4.18. The lowest BCUT2D eigenvalue weighted by Gasteiger charge is -2.10. The Kier molecular flexibility index (Phi) is 3.51. The molecular weight excluding hydrogens is 198 g/mol. The second-order valence-corrected chi connectivity index (χ2v) is 3.23. The lowest BCUT2D eigenvalue weighted by molar-refractivity contribution is -0.437. The van der Waals surface area contributed by atoms with Crippen molar-refractivity contribution in [1.29, 1.82) is 0 Å². The lowest BCUT2D eigenvalue weighted by Crippen LogP contribution is -2.69. The maximum absolute atomic E-state index is 10.5. The predicted octanol–water partition coefficient (Wildman–Crippen LogP) is -1.70. The van der Waals surface area contributed by atoms with Gasteiger partial charge in [0.1, 0.15) is 6.04 Å². The van der Waals surface area contributed by atoms with Crippen LogP contribution >= 0.6 is 0 Å². The number of quaternary nitrogens is 1. The van der Waals surface area contributed by atoms with Gasteiger partial charge in [-0.25, -0.2) is 0 Å². The van der Waals surface area contributed by atoms with Crippen molar-refractivity contribution in [3.63, 3.8) is 0 Å². The molecule has 5 heteroatoms. The number of rotatable bonds is 4. The number of hydrogen-bond acceptors (Lipinski definition) is 4. The maximum atomic E-state index is 10.5. The molecule has 0 amide bonds. The maximum Gasteiger partial charge on any atom is 0.160 e. The number of benzene rings is 1. The van der Waals surface area contributed by atoms with Crippen molar-refractivity contribution in [3.05, 3.63) is 23.8 Å². The van der Waals surface area contributed by atoms with E-state index in [1.54, 1.807) is 12.1 Å². The average Bonchev–Trinajstić information content (AvgIpc) is 2.20. The van der Waals surface area contributed by atoms with Crippen molar-refractivity contribution in [3.8, 4) is 11.5 Å². The van der Waals surface area contributed by atoms with Crippen LogP contribution in [0.1, 0.15) is 5.56 Å². The van der Waals surface area contributed by atoms with Gasteiger partial charge in [0.25, 0.3) is 0 Å². The van der Waals surface area contributed by atoms with Gasteiger partial charge in [-0.15, -0.1) is 0 Å². The first-order valence-electron chi connectivity index (χ1n) is 4.44. The fourth-order valence-electron chi connectivity index (χ4n) is 1.22. The van der Waals surface area contributed by atoms with Crippen LogP contribution in [0.25, 0.3) is 0 Å². The second-order valence-electron chi connectivity index (χ2n) is 3.23. The Morgan fingerprint density at radius 2 is 2.33 bits per heavy atom. The van der Waals surface area contributed by atoms with Crippen LogP contribution in [0.5, 0.6) is 11.5 Å². The van der Waals surface area contributed by atoms with E-state index in [1.165, 1.54) is 13.2 Å². The molecule has 0 aliphatic heterocycles. The van der Waals surface area contributed by atoms with Crippen molar-refractivity contribution in [2.45, 2.75) is 12.5 Å². The zero-order valence-electron chi connectivity index (χ0n) is 8.40. The minimum Gasteiger partial charge on any atom is -0.544 e. The Morgan fingerprint density at radius 1 is 1.67 bits per heavy atom. The number of carbonyl (C=O) groups is 1. The number of phenols is 1. The molecule has 0 unspecified atom stereocenters. The van der Waals surface area contributed by atoms with E-state index in [1.807, 2.05) is 0 Å². The Labute approximate surface area is 87.1 Å². The highest BCUT2D eigenvalue weighted by Crippen LogP contribution is 2.26. The van der Waals surface area contributed by atoms with Crippen LogP contribution in [-0.2, 0) is 11.2 Å². The number of methoxy groups -OCH3 is 1. The van der Waals surface area contributed by atoms with Gasteiger partial charge in [0, 0.05) is 6.42 Å². The van der Waals surface area contributed by atoms with Gasteiger partial charge in [-0.3, -0.25) is 0 Å². The third-order valence-corrected chi connectivity index (χ3v) is 2.06. The Morgan fingerprint density at radius 3 is 2.87 bits per heavy atom. The van der Waals surface area contributed by atoms with Crippen LogP contribution < -0.4 is 15.6 Å². The fraction of sp³-hybridized carbons (Fsp3) is 0.300. The molecule has 0 fully saturated rings. The summed E-state index contributed by atoms with van der Waals surface area (Å²) in [6, 6.07) is 3.85. The molecule has 0 radical (unpaired) electrons. The Balaban J connectivity index is 2.83. The van der Waals surface area contributed by atoms with Gasteiger partial charge in [-0.1, -0.05) is 6.07 Å². The Hall–Kier alpha value is -1.75. The summed E-state index contributed by atoms with van der Waals surface area (Å²) < 4.78 is 4.89. The van der Waals surface area contributed by atoms with E-state index >= 15 is 0 Å². The summed E-state index contributed by atoms with van der Waals surface area (Å²) in [6.07, 6.45) is 0.249. The zero-order valence-corrected chi connectivity index (χ0v) is 8.40. The molecule has 82 valence electrons. The van der Waals surface area contributed by atoms with Gasteiger partial charge < -0.3 is 25.5 Å². The molecule has 0 aliphatic rings. The molecule has 4 N–H and O–H groups in total. The third kappa shape index (κ3) is 2.85. The van der Waals surface area contributed by atoms with Crippen molar-refractivity contribution in [1.82, 2.24) is 0 Å².